The van der Waals surface area contributed by atoms with E-state index in [1.54, 1.807) is 13.8 Å². The highest BCUT2D eigenvalue weighted by Crippen LogP contribution is 2.17. The molecule has 0 saturated carbocycles. The summed E-state index contributed by atoms with van der Waals surface area (Å²) in [5.74, 6) is -3.34. The monoisotopic (exact) mass is 603 g/mol. The third-order valence-corrected chi connectivity index (χ3v) is 5.21. The summed E-state index contributed by atoms with van der Waals surface area (Å²) in [6.07, 6.45) is -4.75. The molecule has 222 valence electrons. The number of nitrogens with one attached hydrogen (secondary N) is 1. The first-order valence-corrected chi connectivity index (χ1v) is 13.0. The van der Waals surface area contributed by atoms with Crippen molar-refractivity contribution in [3.8, 4) is 0 Å². The molecule has 2 atom stereocenters. The first-order chi connectivity index (χ1) is 18.3. The molecule has 1 rings (SSSR count). The summed E-state index contributed by atoms with van der Waals surface area (Å²) in [5.41, 5.74) is 7.92. The number of alkyl halides is 5. The molecule has 0 spiro atoms. The van der Waals surface area contributed by atoms with Gasteiger partial charge in [-0.25, -0.2) is 9.59 Å². The summed E-state index contributed by atoms with van der Waals surface area (Å²) >= 11 is 11.7. The normalized spacial score (nSPS) is 12.3. The smallest absolute Gasteiger partial charge is 0.475 e. The van der Waals surface area contributed by atoms with Gasteiger partial charge in [0.15, 0.2) is 0 Å². The molecule has 39 heavy (non-hydrogen) atoms. The fraction of sp³-hybridized carbons (Fsp3) is 0.583. The highest BCUT2D eigenvalue weighted by atomic mass is 35.5. The van der Waals surface area contributed by atoms with Crippen molar-refractivity contribution in [1.82, 2.24) is 5.32 Å². The zero-order valence-corrected chi connectivity index (χ0v) is 23.2. The van der Waals surface area contributed by atoms with E-state index in [9.17, 15) is 27.6 Å². The van der Waals surface area contributed by atoms with Crippen molar-refractivity contribution in [1.29, 1.82) is 0 Å². The number of amides is 1. The van der Waals surface area contributed by atoms with Gasteiger partial charge in [0.1, 0.15) is 6.04 Å². The lowest BCUT2D eigenvalue weighted by atomic mass is 10.0. The molecular weight excluding hydrogens is 570 g/mol. The van der Waals surface area contributed by atoms with Gasteiger partial charge in [0.2, 0.25) is 5.91 Å². The number of ether oxygens (including phenoxy) is 2. The van der Waals surface area contributed by atoms with Crippen LogP contribution in [0, 0.1) is 0 Å². The highest BCUT2D eigenvalue weighted by molar-refractivity contribution is 6.18. The minimum Gasteiger partial charge on any atom is -0.475 e. The largest absolute Gasteiger partial charge is 0.490 e. The Morgan fingerprint density at radius 3 is 1.97 bits per heavy atom. The third kappa shape index (κ3) is 15.4. The van der Waals surface area contributed by atoms with Crippen LogP contribution in [-0.4, -0.2) is 85.2 Å². The van der Waals surface area contributed by atoms with E-state index in [0.29, 0.717) is 24.8 Å². The Morgan fingerprint density at radius 1 is 1.03 bits per heavy atom. The van der Waals surface area contributed by atoms with Crippen LogP contribution in [0.1, 0.15) is 32.3 Å². The Bertz CT molecular complexity index is 900. The minimum atomic E-state index is -5.08. The molecule has 0 bridgehead atoms. The van der Waals surface area contributed by atoms with E-state index in [1.165, 1.54) is 0 Å². The molecule has 0 aromatic heterocycles. The maximum atomic E-state index is 12.6. The topological polar surface area (TPSA) is 148 Å². The molecule has 1 aromatic carbocycles. The first-order valence-electron chi connectivity index (χ1n) is 11.9. The van der Waals surface area contributed by atoms with Crippen molar-refractivity contribution in [2.75, 3.05) is 43.0 Å². The number of hydrogen-bond donors (Lipinski definition) is 3. The van der Waals surface area contributed by atoms with Crippen molar-refractivity contribution in [2.45, 2.75) is 51.4 Å². The molecule has 0 radical (unpaired) electrons. The van der Waals surface area contributed by atoms with Gasteiger partial charge in [0, 0.05) is 37.0 Å². The predicted octanol–water partition coefficient (Wildman–Crippen LogP) is 2.86. The van der Waals surface area contributed by atoms with Crippen LogP contribution < -0.4 is 16.0 Å². The molecule has 0 saturated heterocycles. The van der Waals surface area contributed by atoms with Crippen molar-refractivity contribution in [3.05, 3.63) is 29.8 Å². The van der Waals surface area contributed by atoms with Crippen LogP contribution in [0.3, 0.4) is 0 Å². The van der Waals surface area contributed by atoms with E-state index >= 15 is 0 Å². The summed E-state index contributed by atoms with van der Waals surface area (Å²) in [6, 6.07) is 5.80. The number of rotatable bonds is 15. The number of nitrogens with two attached hydrogens (primary N) is 1. The van der Waals surface area contributed by atoms with E-state index in [2.05, 4.69) is 10.2 Å². The van der Waals surface area contributed by atoms with Crippen LogP contribution in [0.5, 0.6) is 0 Å². The summed E-state index contributed by atoms with van der Waals surface area (Å²) in [7, 11) is 0. The molecule has 0 aliphatic heterocycles. The number of carboxylic acid groups (broad SMARTS) is 1. The van der Waals surface area contributed by atoms with E-state index in [-0.39, 0.29) is 32.5 Å². The van der Waals surface area contributed by atoms with E-state index < -0.39 is 42.1 Å². The highest BCUT2D eigenvalue weighted by Gasteiger charge is 2.38. The Morgan fingerprint density at radius 2 is 1.54 bits per heavy atom. The summed E-state index contributed by atoms with van der Waals surface area (Å²) < 4.78 is 41.6. The second-order valence-electron chi connectivity index (χ2n) is 7.80. The number of carboxylic acids is 1. The Balaban J connectivity index is 0.00000181. The van der Waals surface area contributed by atoms with Gasteiger partial charge in [-0.2, -0.15) is 13.2 Å². The predicted molar refractivity (Wildman–Crippen MR) is 140 cm³/mol. The lowest BCUT2D eigenvalue weighted by Crippen LogP contribution is -2.49. The Labute approximate surface area is 234 Å². The van der Waals surface area contributed by atoms with Crippen molar-refractivity contribution < 1.29 is 46.9 Å². The van der Waals surface area contributed by atoms with Gasteiger partial charge >= 0.3 is 24.1 Å². The van der Waals surface area contributed by atoms with Crippen LogP contribution in [0.15, 0.2) is 24.3 Å². The fourth-order valence-corrected chi connectivity index (χ4v) is 3.44. The molecule has 0 aliphatic carbocycles. The Hall–Kier alpha value is -2.77. The number of hydrogen-bond acceptors (Lipinski definition) is 8. The fourth-order valence-electron chi connectivity index (χ4n) is 3.03. The minimum absolute atomic E-state index is 0.0184. The molecule has 15 heteroatoms. The number of carbonyl (C=O) groups is 4. The van der Waals surface area contributed by atoms with Gasteiger partial charge in [-0.3, -0.25) is 9.59 Å². The van der Waals surface area contributed by atoms with Gasteiger partial charge < -0.3 is 30.5 Å². The Kier molecular flexibility index (Phi) is 17.9. The number of nitrogens with zero attached hydrogens (tertiary/aromatic N) is 1. The SMILES string of the molecule is CCOC(=O)CC[C@H](NC(=O)[C@H](N)Cc1ccc(N(CCCl)CCCl)cc1)C(=O)OCC.O=C(O)C(F)(F)F. The zero-order valence-electron chi connectivity index (χ0n) is 21.6. The third-order valence-electron chi connectivity index (χ3n) is 4.88. The van der Waals surface area contributed by atoms with Crippen molar-refractivity contribution in [3.63, 3.8) is 0 Å². The average molecular weight is 604 g/mol. The lowest BCUT2D eigenvalue weighted by molar-refractivity contribution is -0.192. The molecule has 1 amide bonds. The maximum absolute atomic E-state index is 12.6. The van der Waals surface area contributed by atoms with Crippen LogP contribution >= 0.6 is 23.2 Å². The lowest BCUT2D eigenvalue weighted by Gasteiger charge is -2.23. The van der Waals surface area contributed by atoms with Crippen LogP contribution in [0.2, 0.25) is 0 Å². The van der Waals surface area contributed by atoms with E-state index in [0.717, 1.165) is 11.3 Å². The molecule has 0 fully saturated rings. The summed E-state index contributed by atoms with van der Waals surface area (Å²) in [6.45, 7) is 5.12. The number of esters is 2. The molecule has 0 heterocycles. The van der Waals surface area contributed by atoms with E-state index in [1.807, 2.05) is 24.3 Å². The maximum Gasteiger partial charge on any atom is 0.490 e. The van der Waals surface area contributed by atoms with Crippen LogP contribution in [0.25, 0.3) is 0 Å². The van der Waals surface area contributed by atoms with Gasteiger partial charge in [0.05, 0.1) is 19.3 Å². The van der Waals surface area contributed by atoms with Crippen molar-refractivity contribution in [2.24, 2.45) is 5.73 Å². The number of halogens is 5. The second kappa shape index (κ2) is 19.3. The van der Waals surface area contributed by atoms with Gasteiger partial charge in [-0.15, -0.1) is 23.2 Å². The average Bonchev–Trinajstić information content (AvgIpc) is 2.86. The molecule has 0 unspecified atom stereocenters. The van der Waals surface area contributed by atoms with Gasteiger partial charge in [0.25, 0.3) is 0 Å². The molecule has 1 aromatic rings. The molecule has 10 nitrogen and oxygen atoms in total. The van der Waals surface area contributed by atoms with Gasteiger partial charge in [-0.05, 0) is 44.4 Å². The number of aliphatic carboxylic acids is 1. The standard InChI is InChI=1S/C22H33Cl2N3O5.C2HF3O2/c1-3-31-20(28)10-9-19(22(30)32-4-2)26-21(29)18(25)15-16-5-7-17(8-6-16)27(13-11-23)14-12-24;3-2(4,5)1(6)7/h5-8,18-19H,3-4,9-15,25H2,1-2H3,(H,26,29);(H,6,7)/t18-,19+;/m1./s1. The number of anilines is 1. The zero-order chi connectivity index (χ0) is 30.0. The number of benzene rings is 1. The van der Waals surface area contributed by atoms with Crippen LogP contribution in [-0.2, 0) is 35.1 Å². The van der Waals surface area contributed by atoms with Crippen LogP contribution in [0.4, 0.5) is 18.9 Å². The van der Waals surface area contributed by atoms with Crippen molar-refractivity contribution >= 4 is 52.7 Å². The summed E-state index contributed by atoms with van der Waals surface area (Å²) in [4.78, 5) is 47.4. The first kappa shape index (κ1) is 36.2. The quantitative estimate of drug-likeness (QED) is 0.203. The van der Waals surface area contributed by atoms with Gasteiger partial charge in [-0.1, -0.05) is 12.1 Å². The number of carbonyl (C=O) groups excluding carboxylic acids is 3. The second-order valence-corrected chi connectivity index (χ2v) is 8.56. The molecule has 0 aliphatic rings. The van der Waals surface area contributed by atoms with E-state index in [4.69, 9.17) is 48.3 Å². The molecular formula is C24H34Cl2F3N3O7. The summed E-state index contributed by atoms with van der Waals surface area (Å²) in [5, 5.41) is 9.72. The molecule has 4 N–H and O–H groups in total.